The molecule has 0 fully saturated rings. The summed E-state index contributed by atoms with van der Waals surface area (Å²) in [5.41, 5.74) is -0.181. The van der Waals surface area contributed by atoms with Crippen molar-refractivity contribution in [3.8, 4) is 0 Å². The normalized spacial score (nSPS) is 10.4. The molecule has 0 atom stereocenters. The SMILES string of the molecule is O=[N+]([O-])c1cc2ccccc2nc1F. The van der Waals surface area contributed by atoms with E-state index in [9.17, 15) is 14.5 Å². The highest BCUT2D eigenvalue weighted by atomic mass is 19.1. The van der Waals surface area contributed by atoms with E-state index in [2.05, 4.69) is 4.98 Å². The first kappa shape index (κ1) is 8.55. The Labute approximate surface area is 78.2 Å². The molecule has 14 heavy (non-hydrogen) atoms. The number of halogens is 1. The molecule has 1 aromatic carbocycles. The summed E-state index contributed by atoms with van der Waals surface area (Å²) >= 11 is 0. The van der Waals surface area contributed by atoms with E-state index in [0.717, 1.165) is 0 Å². The van der Waals surface area contributed by atoms with Crippen LogP contribution in [0.25, 0.3) is 10.9 Å². The Bertz CT molecular complexity index is 513. The van der Waals surface area contributed by atoms with Crippen molar-refractivity contribution in [3.63, 3.8) is 0 Å². The molecule has 0 saturated heterocycles. The zero-order valence-corrected chi connectivity index (χ0v) is 6.98. The second-order valence-corrected chi connectivity index (χ2v) is 2.75. The third kappa shape index (κ3) is 1.28. The fourth-order valence-electron chi connectivity index (χ4n) is 1.21. The second kappa shape index (κ2) is 3.02. The monoisotopic (exact) mass is 192 g/mol. The van der Waals surface area contributed by atoms with Crippen molar-refractivity contribution in [2.24, 2.45) is 0 Å². The molecular formula is C9H5FN2O2. The van der Waals surface area contributed by atoms with E-state index < -0.39 is 16.6 Å². The molecule has 0 N–H and O–H groups in total. The van der Waals surface area contributed by atoms with Gasteiger partial charge in [-0.1, -0.05) is 18.2 Å². The summed E-state index contributed by atoms with van der Waals surface area (Å²) in [5.74, 6) is -1.05. The number of hydrogen-bond acceptors (Lipinski definition) is 3. The number of pyridine rings is 1. The van der Waals surface area contributed by atoms with Gasteiger partial charge in [-0.05, 0) is 6.07 Å². The lowest BCUT2D eigenvalue weighted by Gasteiger charge is -1.97. The Balaban J connectivity index is 2.77. The van der Waals surface area contributed by atoms with Gasteiger partial charge < -0.3 is 0 Å². The number of rotatable bonds is 1. The molecule has 0 unspecified atom stereocenters. The molecule has 0 amide bonds. The number of nitrogens with zero attached hydrogens (tertiary/aromatic N) is 2. The highest BCUT2D eigenvalue weighted by molar-refractivity contribution is 5.80. The van der Waals surface area contributed by atoms with E-state index in [1.165, 1.54) is 6.07 Å². The Morgan fingerprint density at radius 1 is 1.36 bits per heavy atom. The van der Waals surface area contributed by atoms with Crippen LogP contribution in [0.2, 0.25) is 0 Å². The lowest BCUT2D eigenvalue weighted by atomic mass is 10.2. The molecule has 0 aliphatic carbocycles. The van der Waals surface area contributed by atoms with Crippen LogP contribution in [0, 0.1) is 16.1 Å². The number of fused-ring (bicyclic) bond motifs is 1. The Morgan fingerprint density at radius 2 is 2.07 bits per heavy atom. The summed E-state index contributed by atoms with van der Waals surface area (Å²) in [4.78, 5) is 13.1. The fraction of sp³-hybridized carbons (Fsp3) is 0. The van der Waals surface area contributed by atoms with Crippen LogP contribution in [-0.4, -0.2) is 9.91 Å². The van der Waals surface area contributed by atoms with Gasteiger partial charge in [-0.25, -0.2) is 4.98 Å². The third-order valence-corrected chi connectivity index (χ3v) is 1.86. The molecule has 0 bridgehead atoms. The fourth-order valence-corrected chi connectivity index (χ4v) is 1.21. The number of aromatic nitrogens is 1. The van der Waals surface area contributed by atoms with E-state index in [0.29, 0.717) is 10.9 Å². The van der Waals surface area contributed by atoms with Crippen molar-refractivity contribution < 1.29 is 9.31 Å². The summed E-state index contributed by atoms with van der Waals surface area (Å²) in [6.45, 7) is 0. The van der Waals surface area contributed by atoms with Crippen molar-refractivity contribution in [1.82, 2.24) is 4.98 Å². The highest BCUT2D eigenvalue weighted by Crippen LogP contribution is 2.20. The van der Waals surface area contributed by atoms with Crippen LogP contribution in [0.3, 0.4) is 0 Å². The van der Waals surface area contributed by atoms with Gasteiger partial charge in [0.1, 0.15) is 0 Å². The van der Waals surface area contributed by atoms with Crippen LogP contribution >= 0.6 is 0 Å². The number of para-hydroxylation sites is 1. The second-order valence-electron chi connectivity index (χ2n) is 2.75. The van der Waals surface area contributed by atoms with Crippen LogP contribution in [0.1, 0.15) is 0 Å². The maximum absolute atomic E-state index is 13.0. The van der Waals surface area contributed by atoms with E-state index in [1.807, 2.05) is 0 Å². The average molecular weight is 192 g/mol. The minimum atomic E-state index is -1.05. The first-order valence-electron chi connectivity index (χ1n) is 3.88. The molecule has 2 rings (SSSR count). The number of benzene rings is 1. The standard InChI is InChI=1S/C9H5FN2O2/c10-9-8(12(13)14)5-6-3-1-2-4-7(6)11-9/h1-5H. The van der Waals surface area contributed by atoms with Crippen LogP contribution in [0.15, 0.2) is 30.3 Å². The summed E-state index contributed by atoms with van der Waals surface area (Å²) < 4.78 is 13.0. The van der Waals surface area contributed by atoms with Crippen molar-refractivity contribution in [2.45, 2.75) is 0 Å². The molecule has 1 heterocycles. The summed E-state index contributed by atoms with van der Waals surface area (Å²) in [6.07, 6.45) is 0. The summed E-state index contributed by atoms with van der Waals surface area (Å²) in [6, 6.07) is 7.83. The molecule has 5 heteroatoms. The van der Waals surface area contributed by atoms with Gasteiger partial charge in [-0.15, -0.1) is 0 Å². The molecular weight excluding hydrogens is 187 g/mol. The van der Waals surface area contributed by atoms with Gasteiger partial charge >= 0.3 is 5.69 Å². The summed E-state index contributed by atoms with van der Waals surface area (Å²) in [5, 5.41) is 10.9. The van der Waals surface area contributed by atoms with Gasteiger partial charge in [0.15, 0.2) is 0 Å². The van der Waals surface area contributed by atoms with Crippen molar-refractivity contribution in [3.05, 3.63) is 46.4 Å². The molecule has 1 aromatic heterocycles. The molecule has 2 aromatic rings. The van der Waals surface area contributed by atoms with E-state index >= 15 is 0 Å². The zero-order chi connectivity index (χ0) is 10.1. The smallest absolute Gasteiger partial charge is 0.258 e. The predicted molar refractivity (Wildman–Crippen MR) is 48.4 cm³/mol. The Morgan fingerprint density at radius 3 is 2.79 bits per heavy atom. The highest BCUT2D eigenvalue weighted by Gasteiger charge is 2.15. The van der Waals surface area contributed by atoms with Crippen molar-refractivity contribution >= 4 is 16.6 Å². The van der Waals surface area contributed by atoms with Gasteiger partial charge in [-0.2, -0.15) is 4.39 Å². The van der Waals surface area contributed by atoms with Crippen LogP contribution < -0.4 is 0 Å². The van der Waals surface area contributed by atoms with Crippen LogP contribution in [-0.2, 0) is 0 Å². The molecule has 0 saturated carbocycles. The van der Waals surface area contributed by atoms with Gasteiger partial charge in [-0.3, -0.25) is 10.1 Å². The largest absolute Gasteiger partial charge is 0.324 e. The lowest BCUT2D eigenvalue weighted by Crippen LogP contribution is -1.95. The Kier molecular flexibility index (Phi) is 1.85. The quantitative estimate of drug-likeness (QED) is 0.395. The van der Waals surface area contributed by atoms with Gasteiger partial charge in [0.25, 0.3) is 5.95 Å². The minimum absolute atomic E-state index is 0.413. The number of hydrogen-bond donors (Lipinski definition) is 0. The molecule has 4 nitrogen and oxygen atoms in total. The van der Waals surface area contributed by atoms with Crippen molar-refractivity contribution in [1.29, 1.82) is 0 Å². The van der Waals surface area contributed by atoms with Crippen LogP contribution in [0.4, 0.5) is 10.1 Å². The topological polar surface area (TPSA) is 56.0 Å². The third-order valence-electron chi connectivity index (χ3n) is 1.86. The summed E-state index contributed by atoms with van der Waals surface area (Å²) in [7, 11) is 0. The molecule has 0 aliphatic heterocycles. The van der Waals surface area contributed by atoms with Crippen molar-refractivity contribution in [2.75, 3.05) is 0 Å². The van der Waals surface area contributed by atoms with E-state index in [4.69, 9.17) is 0 Å². The van der Waals surface area contributed by atoms with Crippen LogP contribution in [0.5, 0.6) is 0 Å². The maximum Gasteiger partial charge on any atom is 0.324 e. The first-order valence-corrected chi connectivity index (χ1v) is 3.88. The predicted octanol–water partition coefficient (Wildman–Crippen LogP) is 2.28. The average Bonchev–Trinajstić information content (AvgIpc) is 2.16. The molecule has 70 valence electrons. The zero-order valence-electron chi connectivity index (χ0n) is 6.98. The number of nitro groups is 1. The molecule has 0 radical (unpaired) electrons. The molecule has 0 aliphatic rings. The Hall–Kier alpha value is -2.04. The lowest BCUT2D eigenvalue weighted by molar-refractivity contribution is -0.387. The molecule has 0 spiro atoms. The van der Waals surface area contributed by atoms with Gasteiger partial charge in [0.2, 0.25) is 0 Å². The van der Waals surface area contributed by atoms with Gasteiger partial charge in [0, 0.05) is 11.5 Å². The first-order chi connectivity index (χ1) is 6.68. The van der Waals surface area contributed by atoms with Gasteiger partial charge in [0.05, 0.1) is 10.4 Å². The van der Waals surface area contributed by atoms with E-state index in [-0.39, 0.29) is 0 Å². The van der Waals surface area contributed by atoms with E-state index in [1.54, 1.807) is 24.3 Å². The minimum Gasteiger partial charge on any atom is -0.258 e. The maximum atomic E-state index is 13.0.